The topological polar surface area (TPSA) is 38.3 Å². The van der Waals surface area contributed by atoms with Crippen LogP contribution in [-0.4, -0.2) is 12.0 Å². The Bertz CT molecular complexity index is 723. The number of amides is 1. The highest BCUT2D eigenvalue weighted by Crippen LogP contribution is 2.18. The smallest absolute Gasteiger partial charge is 0.248 e. The van der Waals surface area contributed by atoms with Crippen molar-refractivity contribution in [1.29, 1.82) is 0 Å². The van der Waals surface area contributed by atoms with Gasteiger partial charge in [0.1, 0.15) is 5.75 Å². The van der Waals surface area contributed by atoms with Crippen LogP contribution in [0.3, 0.4) is 0 Å². The van der Waals surface area contributed by atoms with E-state index < -0.39 is 0 Å². The highest BCUT2D eigenvalue weighted by molar-refractivity contribution is 14.1. The Balaban J connectivity index is 2.03. The van der Waals surface area contributed by atoms with E-state index in [1.807, 2.05) is 63.2 Å². The molecule has 0 saturated carbocycles. The molecule has 0 aliphatic carbocycles. The van der Waals surface area contributed by atoms with Gasteiger partial charge in [-0.25, -0.2) is 0 Å². The van der Waals surface area contributed by atoms with Crippen molar-refractivity contribution in [2.75, 3.05) is 5.32 Å². The molecule has 120 valence electrons. The molecule has 0 atom stereocenters. The SMILES string of the molecule is Cc1cc(I)ccc1NC(=O)/C=C/c1cccc(OC(C)C)c1. The van der Waals surface area contributed by atoms with Crippen LogP contribution in [0.5, 0.6) is 5.75 Å². The van der Waals surface area contributed by atoms with E-state index in [0.717, 1.165) is 26.1 Å². The fourth-order valence-corrected chi connectivity index (χ4v) is 2.72. The van der Waals surface area contributed by atoms with E-state index in [0.29, 0.717) is 0 Å². The maximum Gasteiger partial charge on any atom is 0.248 e. The van der Waals surface area contributed by atoms with Crippen LogP contribution in [0.2, 0.25) is 0 Å². The van der Waals surface area contributed by atoms with Crippen molar-refractivity contribution in [2.24, 2.45) is 0 Å². The highest BCUT2D eigenvalue weighted by Gasteiger charge is 2.02. The maximum atomic E-state index is 12.1. The molecule has 3 nitrogen and oxygen atoms in total. The van der Waals surface area contributed by atoms with Crippen molar-refractivity contribution in [3.63, 3.8) is 0 Å². The number of carbonyl (C=O) groups is 1. The van der Waals surface area contributed by atoms with Gasteiger partial charge in [-0.15, -0.1) is 0 Å². The van der Waals surface area contributed by atoms with Crippen molar-refractivity contribution in [3.05, 3.63) is 63.2 Å². The van der Waals surface area contributed by atoms with Crippen LogP contribution in [0, 0.1) is 10.5 Å². The first kappa shape index (κ1) is 17.5. The Morgan fingerprint density at radius 1 is 1.22 bits per heavy atom. The molecule has 1 amide bonds. The molecular formula is C19H20INO2. The molecule has 0 heterocycles. The van der Waals surface area contributed by atoms with Gasteiger partial charge in [0.05, 0.1) is 6.10 Å². The molecule has 0 bridgehead atoms. The summed E-state index contributed by atoms with van der Waals surface area (Å²) >= 11 is 2.25. The molecule has 0 fully saturated rings. The number of rotatable bonds is 5. The highest BCUT2D eigenvalue weighted by atomic mass is 127. The van der Waals surface area contributed by atoms with E-state index >= 15 is 0 Å². The quantitative estimate of drug-likeness (QED) is 0.543. The predicted octanol–water partition coefficient (Wildman–Crippen LogP) is 5.04. The van der Waals surface area contributed by atoms with Gasteiger partial charge >= 0.3 is 0 Å². The van der Waals surface area contributed by atoms with E-state index in [9.17, 15) is 4.79 Å². The second kappa shape index (κ2) is 8.15. The Kier molecular flexibility index (Phi) is 6.21. The third-order valence-electron chi connectivity index (χ3n) is 3.10. The Morgan fingerprint density at radius 2 is 2.00 bits per heavy atom. The van der Waals surface area contributed by atoms with Gasteiger partial charge in [-0.2, -0.15) is 0 Å². The first-order chi connectivity index (χ1) is 10.9. The molecule has 2 rings (SSSR count). The third kappa shape index (κ3) is 5.71. The molecular weight excluding hydrogens is 401 g/mol. The molecule has 0 aromatic heterocycles. The van der Waals surface area contributed by atoms with Crippen LogP contribution in [0.4, 0.5) is 5.69 Å². The minimum absolute atomic E-state index is 0.126. The van der Waals surface area contributed by atoms with E-state index in [1.165, 1.54) is 6.08 Å². The Hall–Kier alpha value is -1.82. The zero-order valence-electron chi connectivity index (χ0n) is 13.5. The molecule has 4 heteroatoms. The third-order valence-corrected chi connectivity index (χ3v) is 3.77. The summed E-state index contributed by atoms with van der Waals surface area (Å²) in [5.41, 5.74) is 2.81. The summed E-state index contributed by atoms with van der Waals surface area (Å²) in [6, 6.07) is 13.6. The fourth-order valence-electron chi connectivity index (χ4n) is 2.08. The van der Waals surface area contributed by atoms with Gasteiger partial charge in [-0.3, -0.25) is 4.79 Å². The normalized spacial score (nSPS) is 11.0. The Labute approximate surface area is 150 Å². The summed E-state index contributed by atoms with van der Waals surface area (Å²) in [5.74, 6) is 0.653. The van der Waals surface area contributed by atoms with Gasteiger partial charge in [0.15, 0.2) is 0 Å². The predicted molar refractivity (Wildman–Crippen MR) is 104 cm³/mol. The molecule has 0 aliphatic rings. The molecule has 1 N–H and O–H groups in total. The Morgan fingerprint density at radius 3 is 2.70 bits per heavy atom. The molecule has 0 saturated heterocycles. The van der Waals surface area contributed by atoms with Crippen LogP contribution in [0.1, 0.15) is 25.0 Å². The van der Waals surface area contributed by atoms with Crippen LogP contribution < -0.4 is 10.1 Å². The lowest BCUT2D eigenvalue weighted by atomic mass is 10.2. The van der Waals surface area contributed by atoms with E-state index in [-0.39, 0.29) is 12.0 Å². The average molecular weight is 421 g/mol. The molecule has 2 aromatic carbocycles. The number of anilines is 1. The zero-order chi connectivity index (χ0) is 16.8. The summed E-state index contributed by atoms with van der Waals surface area (Å²) in [6.07, 6.45) is 3.44. The van der Waals surface area contributed by atoms with Crippen molar-refractivity contribution < 1.29 is 9.53 Å². The van der Waals surface area contributed by atoms with Gasteiger partial charge in [-0.05, 0) is 90.9 Å². The number of benzene rings is 2. The first-order valence-corrected chi connectivity index (χ1v) is 8.54. The lowest BCUT2D eigenvalue weighted by Crippen LogP contribution is -2.09. The van der Waals surface area contributed by atoms with Crippen LogP contribution in [0.25, 0.3) is 6.08 Å². The summed E-state index contributed by atoms with van der Waals surface area (Å²) in [7, 11) is 0. The number of hydrogen-bond acceptors (Lipinski definition) is 2. The van der Waals surface area contributed by atoms with Crippen molar-refractivity contribution >= 4 is 40.3 Å². The standard InChI is InChI=1S/C19H20INO2/c1-13(2)23-17-6-4-5-15(12-17)7-10-19(22)21-18-9-8-16(20)11-14(18)3/h4-13H,1-3H3,(H,21,22)/b10-7+. The van der Waals surface area contributed by atoms with Crippen molar-refractivity contribution in [2.45, 2.75) is 26.9 Å². The molecule has 2 aromatic rings. The molecule has 0 radical (unpaired) electrons. The van der Waals surface area contributed by atoms with Crippen LogP contribution in [-0.2, 0) is 4.79 Å². The van der Waals surface area contributed by atoms with E-state index in [2.05, 4.69) is 27.9 Å². The zero-order valence-corrected chi connectivity index (χ0v) is 15.6. The molecule has 0 unspecified atom stereocenters. The van der Waals surface area contributed by atoms with Gasteiger partial charge < -0.3 is 10.1 Å². The second-order valence-corrected chi connectivity index (χ2v) is 6.77. The lowest BCUT2D eigenvalue weighted by molar-refractivity contribution is -0.111. The van der Waals surface area contributed by atoms with Gasteiger partial charge in [0.2, 0.25) is 5.91 Å². The van der Waals surface area contributed by atoms with E-state index in [4.69, 9.17) is 4.74 Å². The summed E-state index contributed by atoms with van der Waals surface area (Å²) in [4.78, 5) is 12.1. The van der Waals surface area contributed by atoms with Crippen molar-refractivity contribution in [1.82, 2.24) is 0 Å². The first-order valence-electron chi connectivity index (χ1n) is 7.46. The summed E-state index contributed by atoms with van der Waals surface area (Å²) in [6.45, 7) is 5.95. The minimum atomic E-state index is -0.149. The number of halogens is 1. The average Bonchev–Trinajstić information content (AvgIpc) is 2.48. The van der Waals surface area contributed by atoms with Crippen molar-refractivity contribution in [3.8, 4) is 5.75 Å². The number of carbonyl (C=O) groups excluding carboxylic acids is 1. The van der Waals surface area contributed by atoms with E-state index in [1.54, 1.807) is 6.08 Å². The molecule has 0 aliphatic heterocycles. The summed E-state index contributed by atoms with van der Waals surface area (Å²) < 4.78 is 6.80. The van der Waals surface area contributed by atoms with Crippen LogP contribution >= 0.6 is 22.6 Å². The second-order valence-electron chi connectivity index (χ2n) is 5.52. The number of ether oxygens (including phenoxy) is 1. The number of aryl methyl sites for hydroxylation is 1. The number of hydrogen-bond donors (Lipinski definition) is 1. The maximum absolute atomic E-state index is 12.1. The monoisotopic (exact) mass is 421 g/mol. The van der Waals surface area contributed by atoms with Gasteiger partial charge in [0, 0.05) is 15.3 Å². The molecule has 0 spiro atoms. The van der Waals surface area contributed by atoms with Gasteiger partial charge in [-0.1, -0.05) is 12.1 Å². The minimum Gasteiger partial charge on any atom is -0.491 e. The number of nitrogens with one attached hydrogen (secondary N) is 1. The largest absolute Gasteiger partial charge is 0.491 e. The van der Waals surface area contributed by atoms with Gasteiger partial charge in [0.25, 0.3) is 0 Å². The lowest BCUT2D eigenvalue weighted by Gasteiger charge is -2.09. The fraction of sp³-hybridized carbons (Fsp3) is 0.211. The van der Waals surface area contributed by atoms with Crippen LogP contribution in [0.15, 0.2) is 48.5 Å². The summed E-state index contributed by atoms with van der Waals surface area (Å²) in [5, 5.41) is 2.89. The molecule has 23 heavy (non-hydrogen) atoms.